The Morgan fingerprint density at radius 2 is 0.644 bits per heavy atom. The third-order valence-corrected chi connectivity index (χ3v) is 14.2. The van der Waals surface area contributed by atoms with E-state index < -0.39 is 0 Å². The van der Waals surface area contributed by atoms with Crippen LogP contribution in [0.3, 0.4) is 0 Å². The Morgan fingerprint density at radius 1 is 0.260 bits per heavy atom. The third kappa shape index (κ3) is 7.25. The molecule has 14 rings (SSSR count). The first kappa shape index (κ1) is 42.1. The van der Waals surface area contributed by atoms with Gasteiger partial charge in [-0.15, -0.1) is 0 Å². The van der Waals surface area contributed by atoms with Crippen molar-refractivity contribution in [2.24, 2.45) is 0 Å². The molecule has 11 aromatic carbocycles. The number of aromatic nitrogens is 2. The lowest BCUT2D eigenvalue weighted by Gasteiger charge is -2.26. The SMILES string of the molecule is c1ccc(N(c2ccccc2)c2cccc(-c3ccc4c5c6ccc(-c7cccc(N(c8ccccc8)c8ccc9c(c8)oc8ccccc89)c7)cc6n(-c6ccccc6)c5n(-c5ccccc5)c4c3)c2)cc1. The summed E-state index contributed by atoms with van der Waals surface area (Å²) >= 11 is 0. The molecule has 0 saturated heterocycles. The Kier molecular flexibility index (Phi) is 10.1. The highest BCUT2D eigenvalue weighted by molar-refractivity contribution is 6.23. The number of nitrogens with zero attached hydrogens (tertiary/aromatic N) is 4. The van der Waals surface area contributed by atoms with Crippen molar-refractivity contribution in [2.45, 2.75) is 0 Å². The summed E-state index contributed by atoms with van der Waals surface area (Å²) in [6.45, 7) is 0. The van der Waals surface area contributed by atoms with Crippen LogP contribution in [-0.2, 0) is 0 Å². The van der Waals surface area contributed by atoms with Gasteiger partial charge in [-0.05, 0) is 138 Å². The van der Waals surface area contributed by atoms with E-state index in [9.17, 15) is 0 Å². The number of para-hydroxylation sites is 6. The summed E-state index contributed by atoms with van der Waals surface area (Å²) in [7, 11) is 0. The Morgan fingerprint density at radius 3 is 1.15 bits per heavy atom. The fourth-order valence-corrected chi connectivity index (χ4v) is 11.0. The lowest BCUT2D eigenvalue weighted by atomic mass is 10.0. The van der Waals surface area contributed by atoms with E-state index in [0.717, 1.165) is 106 Å². The molecular weight excluding hydrogens is 889 g/mol. The molecule has 0 aliphatic carbocycles. The molecule has 0 aliphatic heterocycles. The molecule has 0 unspecified atom stereocenters. The molecule has 14 aromatic rings. The normalized spacial score (nSPS) is 11.6. The van der Waals surface area contributed by atoms with Gasteiger partial charge in [-0.1, -0.05) is 158 Å². The van der Waals surface area contributed by atoms with E-state index in [2.05, 4.69) is 286 Å². The maximum Gasteiger partial charge on any atom is 0.137 e. The van der Waals surface area contributed by atoms with E-state index in [1.54, 1.807) is 0 Å². The number of benzene rings is 11. The van der Waals surface area contributed by atoms with Crippen molar-refractivity contribution in [1.29, 1.82) is 0 Å². The maximum atomic E-state index is 6.41. The smallest absolute Gasteiger partial charge is 0.137 e. The molecule has 0 spiro atoms. The monoisotopic (exact) mass is 934 g/mol. The summed E-state index contributed by atoms with van der Waals surface area (Å²) in [5.74, 6) is 0. The molecule has 73 heavy (non-hydrogen) atoms. The van der Waals surface area contributed by atoms with Crippen LogP contribution >= 0.6 is 0 Å². The quantitative estimate of drug-likeness (QED) is 0.137. The molecule has 0 bridgehead atoms. The zero-order valence-electron chi connectivity index (χ0n) is 39.8. The Balaban J connectivity index is 0.935. The molecule has 3 aromatic heterocycles. The van der Waals surface area contributed by atoms with Crippen molar-refractivity contribution < 1.29 is 4.42 Å². The van der Waals surface area contributed by atoms with Crippen LogP contribution in [-0.4, -0.2) is 9.13 Å². The largest absolute Gasteiger partial charge is 0.456 e. The molecule has 0 saturated carbocycles. The van der Waals surface area contributed by atoms with Gasteiger partial charge >= 0.3 is 0 Å². The van der Waals surface area contributed by atoms with E-state index in [1.807, 2.05) is 12.1 Å². The minimum atomic E-state index is 0.863. The Hall–Kier alpha value is -9.84. The number of anilines is 6. The van der Waals surface area contributed by atoms with Crippen LogP contribution in [0.25, 0.3) is 88.4 Å². The summed E-state index contributed by atoms with van der Waals surface area (Å²) in [5, 5.41) is 5.84. The fourth-order valence-electron chi connectivity index (χ4n) is 11.0. The van der Waals surface area contributed by atoms with E-state index in [0.29, 0.717) is 0 Å². The van der Waals surface area contributed by atoms with Gasteiger partial charge in [0.2, 0.25) is 0 Å². The predicted octanol–water partition coefficient (Wildman–Crippen LogP) is 18.9. The van der Waals surface area contributed by atoms with Crippen LogP contribution in [0.1, 0.15) is 0 Å². The summed E-state index contributed by atoms with van der Waals surface area (Å²) in [6, 6.07) is 100. The predicted molar refractivity (Wildman–Crippen MR) is 305 cm³/mol. The molecule has 3 heterocycles. The molecule has 5 heteroatoms. The van der Waals surface area contributed by atoms with Crippen LogP contribution in [0, 0.1) is 0 Å². The van der Waals surface area contributed by atoms with Gasteiger partial charge in [-0.2, -0.15) is 0 Å². The van der Waals surface area contributed by atoms with Crippen molar-refractivity contribution in [3.05, 3.63) is 279 Å². The molecule has 0 aliphatic rings. The molecule has 5 nitrogen and oxygen atoms in total. The zero-order chi connectivity index (χ0) is 48.2. The number of rotatable bonds is 10. The van der Waals surface area contributed by atoms with Crippen molar-refractivity contribution in [3.8, 4) is 33.6 Å². The number of furan rings is 1. The molecule has 0 atom stereocenters. The summed E-state index contributed by atoms with van der Waals surface area (Å²) < 4.78 is 11.3. The second-order valence-electron chi connectivity index (χ2n) is 18.6. The average Bonchev–Trinajstić information content (AvgIpc) is 4.11. The van der Waals surface area contributed by atoms with Crippen molar-refractivity contribution in [3.63, 3.8) is 0 Å². The minimum absolute atomic E-state index is 0.863. The van der Waals surface area contributed by atoms with Crippen LogP contribution in [0.15, 0.2) is 283 Å². The first-order chi connectivity index (χ1) is 36.2. The standard InChI is InChI=1S/C68H46N4O/c1-6-22-51(23-7-1)69(52-24-8-2-9-25-52)56-32-18-20-47(42-56)49-36-39-61-63(44-49)71(54-28-12-4-13-29-54)68-67(61)62-40-37-50(45-64(62)72(68)55-30-14-5-15-31-55)48-21-19-33-57(43-48)70(53-26-10-3-11-27-53)58-38-41-60-59-34-16-17-35-65(59)73-66(60)46-58/h1-46H. The van der Waals surface area contributed by atoms with E-state index >= 15 is 0 Å². The first-order valence-electron chi connectivity index (χ1n) is 24.8. The van der Waals surface area contributed by atoms with Gasteiger partial charge in [0.15, 0.2) is 0 Å². The van der Waals surface area contributed by atoms with Gasteiger partial charge in [0.25, 0.3) is 0 Å². The van der Waals surface area contributed by atoms with Crippen molar-refractivity contribution >= 4 is 88.9 Å². The van der Waals surface area contributed by atoms with Gasteiger partial charge in [0.1, 0.15) is 16.8 Å². The van der Waals surface area contributed by atoms with Crippen LogP contribution in [0.5, 0.6) is 0 Å². The molecule has 0 amide bonds. The molecular formula is C68H46N4O. The lowest BCUT2D eigenvalue weighted by Crippen LogP contribution is -2.09. The summed E-state index contributed by atoms with van der Waals surface area (Å²) in [5.41, 5.74) is 18.4. The van der Waals surface area contributed by atoms with Crippen molar-refractivity contribution in [2.75, 3.05) is 9.80 Å². The Labute approximate surface area is 422 Å². The van der Waals surface area contributed by atoms with Gasteiger partial charge in [-0.25, -0.2) is 0 Å². The first-order valence-corrected chi connectivity index (χ1v) is 24.8. The van der Waals surface area contributed by atoms with Gasteiger partial charge in [0.05, 0.1) is 11.0 Å². The molecule has 0 N–H and O–H groups in total. The Bertz CT molecular complexity index is 4270. The summed E-state index contributed by atoms with van der Waals surface area (Å²) in [6.07, 6.45) is 0. The lowest BCUT2D eigenvalue weighted by molar-refractivity contribution is 0.669. The highest BCUT2D eigenvalue weighted by Gasteiger charge is 2.24. The van der Waals surface area contributed by atoms with Crippen LogP contribution < -0.4 is 9.80 Å². The van der Waals surface area contributed by atoms with Crippen LogP contribution in [0.2, 0.25) is 0 Å². The van der Waals surface area contributed by atoms with Gasteiger partial charge in [0, 0.05) is 78.5 Å². The highest BCUT2D eigenvalue weighted by Crippen LogP contribution is 2.45. The maximum absolute atomic E-state index is 6.41. The second kappa shape index (κ2) is 17.5. The average molecular weight is 935 g/mol. The number of hydrogen-bond donors (Lipinski definition) is 0. The third-order valence-electron chi connectivity index (χ3n) is 14.2. The van der Waals surface area contributed by atoms with E-state index in [-0.39, 0.29) is 0 Å². The minimum Gasteiger partial charge on any atom is -0.456 e. The molecule has 0 radical (unpaired) electrons. The fraction of sp³-hybridized carbons (Fsp3) is 0. The topological polar surface area (TPSA) is 29.5 Å². The second-order valence-corrected chi connectivity index (χ2v) is 18.6. The van der Waals surface area contributed by atoms with E-state index in [4.69, 9.17) is 4.42 Å². The summed E-state index contributed by atoms with van der Waals surface area (Å²) in [4.78, 5) is 4.64. The molecule has 0 fully saturated rings. The van der Waals surface area contributed by atoms with Gasteiger partial charge in [-0.3, -0.25) is 9.13 Å². The van der Waals surface area contributed by atoms with Crippen molar-refractivity contribution in [1.82, 2.24) is 9.13 Å². The number of fused-ring (bicyclic) bond motifs is 8. The van der Waals surface area contributed by atoms with Gasteiger partial charge < -0.3 is 14.2 Å². The van der Waals surface area contributed by atoms with E-state index in [1.165, 1.54) is 16.2 Å². The highest BCUT2D eigenvalue weighted by atomic mass is 16.3. The van der Waals surface area contributed by atoms with Crippen LogP contribution in [0.4, 0.5) is 34.1 Å². The zero-order valence-corrected chi connectivity index (χ0v) is 39.8. The molecule has 344 valence electrons. The number of hydrogen-bond acceptors (Lipinski definition) is 3.